The fraction of sp³-hybridized carbons (Fsp3) is 0.467. The van der Waals surface area contributed by atoms with Gasteiger partial charge in [0.25, 0.3) is 0 Å². The Morgan fingerprint density at radius 3 is 2.66 bits per heavy atom. The third kappa shape index (κ3) is 5.58. The quantitative estimate of drug-likeness (QED) is 0.308. The SMILES string of the molecule is C=CCN1CC[C@@]2(c3cccc(OC)c3)C[C@@H](N(C)C(=O)Cc3ccc(Cl)c(Cl)c3)CC[C@]2(OC(C)=O)C1. The van der Waals surface area contributed by atoms with Crippen LogP contribution in [0.15, 0.2) is 55.1 Å². The molecular weight excluding hydrogens is 523 g/mol. The van der Waals surface area contributed by atoms with Crippen LogP contribution in [0.25, 0.3) is 0 Å². The van der Waals surface area contributed by atoms with Gasteiger partial charge in [0.1, 0.15) is 11.4 Å². The van der Waals surface area contributed by atoms with Crippen LogP contribution in [0.2, 0.25) is 10.0 Å². The van der Waals surface area contributed by atoms with Crippen LogP contribution in [0, 0.1) is 0 Å². The molecule has 0 radical (unpaired) electrons. The summed E-state index contributed by atoms with van der Waals surface area (Å²) in [6, 6.07) is 13.3. The van der Waals surface area contributed by atoms with Crippen molar-refractivity contribution in [3.05, 3.63) is 76.3 Å². The number of methoxy groups -OCH3 is 1. The van der Waals surface area contributed by atoms with Gasteiger partial charge < -0.3 is 14.4 Å². The summed E-state index contributed by atoms with van der Waals surface area (Å²) in [7, 11) is 3.53. The van der Waals surface area contributed by atoms with Gasteiger partial charge in [-0.05, 0) is 67.6 Å². The molecule has 2 fully saturated rings. The largest absolute Gasteiger partial charge is 0.497 e. The fourth-order valence-electron chi connectivity index (χ4n) is 6.40. The highest BCUT2D eigenvalue weighted by molar-refractivity contribution is 6.42. The molecule has 1 aliphatic carbocycles. The molecule has 1 amide bonds. The minimum absolute atomic E-state index is 0.0123. The van der Waals surface area contributed by atoms with Crippen LogP contribution >= 0.6 is 23.2 Å². The summed E-state index contributed by atoms with van der Waals surface area (Å²) in [5.74, 6) is 0.478. The Morgan fingerprint density at radius 2 is 1.97 bits per heavy atom. The van der Waals surface area contributed by atoms with Crippen LogP contribution in [-0.2, 0) is 26.2 Å². The number of hydrogen-bond donors (Lipinski definition) is 0. The number of halogens is 2. The average Bonchev–Trinajstić information content (AvgIpc) is 2.89. The van der Waals surface area contributed by atoms with E-state index in [2.05, 4.69) is 23.6 Å². The Hall–Kier alpha value is -2.54. The Bertz CT molecular complexity index is 1200. The van der Waals surface area contributed by atoms with Gasteiger partial charge in [0, 0.05) is 38.5 Å². The predicted octanol–water partition coefficient (Wildman–Crippen LogP) is 5.69. The highest BCUT2D eigenvalue weighted by Crippen LogP contribution is 2.54. The van der Waals surface area contributed by atoms with E-state index in [-0.39, 0.29) is 24.3 Å². The predicted molar refractivity (Wildman–Crippen MR) is 151 cm³/mol. The van der Waals surface area contributed by atoms with E-state index in [4.69, 9.17) is 32.7 Å². The highest BCUT2D eigenvalue weighted by atomic mass is 35.5. The van der Waals surface area contributed by atoms with Crippen molar-refractivity contribution >= 4 is 35.1 Å². The topological polar surface area (TPSA) is 59.1 Å². The molecule has 0 unspecified atom stereocenters. The molecule has 204 valence electrons. The standard InChI is InChI=1S/C30H36Cl2N2O4/c1-5-14-34-15-13-29(23-7-6-8-25(18-23)37-4)19-24(11-12-30(29,20-34)38-21(2)35)33(3)28(36)17-22-9-10-26(31)27(32)16-22/h5-10,16,18,24H,1,11-15,17,19-20H2,2-4H3/t24-,29-,30-/m0/s1. The lowest BCUT2D eigenvalue weighted by Crippen LogP contribution is -2.68. The molecule has 2 aromatic rings. The Morgan fingerprint density at radius 1 is 1.18 bits per heavy atom. The number of esters is 1. The van der Waals surface area contributed by atoms with E-state index in [0.29, 0.717) is 29.4 Å². The first-order valence-corrected chi connectivity index (χ1v) is 13.8. The van der Waals surface area contributed by atoms with E-state index in [1.54, 1.807) is 19.2 Å². The monoisotopic (exact) mass is 558 g/mol. The van der Waals surface area contributed by atoms with E-state index in [0.717, 1.165) is 42.8 Å². The van der Waals surface area contributed by atoms with Crippen molar-refractivity contribution < 1.29 is 19.1 Å². The zero-order chi connectivity index (χ0) is 27.5. The molecule has 0 N–H and O–H groups in total. The zero-order valence-electron chi connectivity index (χ0n) is 22.3. The van der Waals surface area contributed by atoms with Gasteiger partial charge in [0.15, 0.2) is 0 Å². The molecule has 2 aliphatic rings. The second-order valence-electron chi connectivity index (χ2n) is 10.5. The molecule has 0 bridgehead atoms. The Labute approximate surface area is 235 Å². The van der Waals surface area contributed by atoms with Crippen molar-refractivity contribution in [2.24, 2.45) is 0 Å². The number of piperidine rings is 1. The highest BCUT2D eigenvalue weighted by Gasteiger charge is 2.61. The van der Waals surface area contributed by atoms with Crippen molar-refractivity contribution in [1.29, 1.82) is 0 Å². The summed E-state index contributed by atoms with van der Waals surface area (Å²) >= 11 is 12.2. The van der Waals surface area contributed by atoms with Crippen LogP contribution in [0.5, 0.6) is 5.75 Å². The second kappa shape index (κ2) is 11.7. The number of nitrogens with zero attached hydrogens (tertiary/aromatic N) is 2. The van der Waals surface area contributed by atoms with Crippen LogP contribution < -0.4 is 4.74 Å². The molecule has 1 saturated heterocycles. The molecule has 1 saturated carbocycles. The molecule has 2 aromatic carbocycles. The van der Waals surface area contributed by atoms with Crippen molar-refractivity contribution in [1.82, 2.24) is 9.80 Å². The first-order chi connectivity index (χ1) is 18.1. The molecular formula is C30H36Cl2N2O4. The number of carbonyl (C=O) groups is 2. The smallest absolute Gasteiger partial charge is 0.303 e. The minimum Gasteiger partial charge on any atom is -0.497 e. The van der Waals surface area contributed by atoms with E-state index in [1.807, 2.05) is 36.2 Å². The number of ether oxygens (including phenoxy) is 2. The summed E-state index contributed by atoms with van der Waals surface area (Å²) in [4.78, 5) is 30.1. The van der Waals surface area contributed by atoms with Gasteiger partial charge in [-0.1, -0.05) is 47.5 Å². The summed E-state index contributed by atoms with van der Waals surface area (Å²) in [5.41, 5.74) is 0.690. The molecule has 0 aromatic heterocycles. The lowest BCUT2D eigenvalue weighted by Gasteiger charge is -2.60. The lowest BCUT2D eigenvalue weighted by molar-refractivity contribution is -0.189. The maximum Gasteiger partial charge on any atom is 0.303 e. The van der Waals surface area contributed by atoms with Gasteiger partial charge in [-0.3, -0.25) is 14.5 Å². The van der Waals surface area contributed by atoms with Crippen molar-refractivity contribution in [3.63, 3.8) is 0 Å². The first kappa shape index (κ1) is 28.5. The minimum atomic E-state index is -0.726. The summed E-state index contributed by atoms with van der Waals surface area (Å²) in [6.07, 6.45) is 4.96. The molecule has 0 spiro atoms. The van der Waals surface area contributed by atoms with Gasteiger partial charge in [-0.15, -0.1) is 6.58 Å². The zero-order valence-corrected chi connectivity index (χ0v) is 23.9. The number of likely N-dealkylation sites (N-methyl/N-ethyl adjacent to an activating group) is 1. The second-order valence-corrected chi connectivity index (χ2v) is 11.3. The maximum atomic E-state index is 13.4. The van der Waals surface area contributed by atoms with Crippen LogP contribution in [-0.4, -0.2) is 67.1 Å². The van der Waals surface area contributed by atoms with Crippen molar-refractivity contribution in [3.8, 4) is 5.75 Å². The Kier molecular flexibility index (Phi) is 8.75. The summed E-state index contributed by atoms with van der Waals surface area (Å²) in [5, 5.41) is 0.903. The van der Waals surface area contributed by atoms with Crippen molar-refractivity contribution in [2.45, 2.75) is 56.1 Å². The van der Waals surface area contributed by atoms with Gasteiger partial charge in [-0.25, -0.2) is 0 Å². The number of likely N-dealkylation sites (tertiary alicyclic amines) is 1. The third-order valence-corrected chi connectivity index (χ3v) is 9.04. The maximum absolute atomic E-state index is 13.4. The third-order valence-electron chi connectivity index (χ3n) is 8.30. The molecule has 1 aliphatic heterocycles. The number of rotatable bonds is 8. The van der Waals surface area contributed by atoms with E-state index in [9.17, 15) is 9.59 Å². The average molecular weight is 560 g/mol. The number of amides is 1. The van der Waals surface area contributed by atoms with Crippen LogP contribution in [0.3, 0.4) is 0 Å². The normalized spacial score (nSPS) is 25.2. The van der Waals surface area contributed by atoms with Gasteiger partial charge in [-0.2, -0.15) is 0 Å². The summed E-state index contributed by atoms with van der Waals surface area (Å²) < 4.78 is 11.9. The molecule has 3 atom stereocenters. The fourth-order valence-corrected chi connectivity index (χ4v) is 6.72. The number of benzene rings is 2. The Balaban J connectivity index is 1.69. The van der Waals surface area contributed by atoms with Gasteiger partial charge >= 0.3 is 5.97 Å². The molecule has 38 heavy (non-hydrogen) atoms. The lowest BCUT2D eigenvalue weighted by atomic mass is 9.55. The molecule has 6 nitrogen and oxygen atoms in total. The van der Waals surface area contributed by atoms with Crippen LogP contribution in [0.1, 0.15) is 43.7 Å². The van der Waals surface area contributed by atoms with E-state index < -0.39 is 11.0 Å². The number of carbonyl (C=O) groups excluding carboxylic acids is 2. The van der Waals surface area contributed by atoms with E-state index >= 15 is 0 Å². The van der Waals surface area contributed by atoms with E-state index in [1.165, 1.54) is 6.92 Å². The van der Waals surface area contributed by atoms with Crippen LogP contribution in [0.4, 0.5) is 0 Å². The molecule has 4 rings (SSSR count). The summed E-state index contributed by atoms with van der Waals surface area (Å²) in [6.45, 7) is 7.57. The number of fused-ring (bicyclic) bond motifs is 1. The van der Waals surface area contributed by atoms with Gasteiger partial charge in [0.2, 0.25) is 5.91 Å². The molecule has 8 heteroatoms. The van der Waals surface area contributed by atoms with Gasteiger partial charge in [0.05, 0.1) is 23.6 Å². The number of hydrogen-bond acceptors (Lipinski definition) is 5. The van der Waals surface area contributed by atoms with Crippen molar-refractivity contribution in [2.75, 3.05) is 33.8 Å². The molecule has 1 heterocycles. The first-order valence-electron chi connectivity index (χ1n) is 13.0.